The Morgan fingerprint density at radius 1 is 1.32 bits per heavy atom. The lowest BCUT2D eigenvalue weighted by atomic mass is 10.2. The lowest BCUT2D eigenvalue weighted by molar-refractivity contribution is -0.145. The van der Waals surface area contributed by atoms with E-state index in [1.165, 1.54) is 12.0 Å². The van der Waals surface area contributed by atoms with Crippen molar-refractivity contribution in [2.24, 2.45) is 5.92 Å². The number of hydrogen-bond acceptors (Lipinski definition) is 3. The maximum Gasteiger partial charge on any atom is 0.321 e. The van der Waals surface area contributed by atoms with Crippen molar-refractivity contribution >= 4 is 17.7 Å². The monoisotopic (exact) mass is 264 g/mol. The zero-order chi connectivity index (χ0) is 14.4. The second-order valence-corrected chi connectivity index (χ2v) is 4.60. The second kappa shape index (κ2) is 6.78. The molecule has 0 radical (unpaired) electrons. The Kier molecular flexibility index (Phi) is 5.36. The fraction of sp³-hybridized carbons (Fsp3) is 0.429. The van der Waals surface area contributed by atoms with Crippen LogP contribution in [0.4, 0.5) is 10.5 Å². The molecule has 0 bridgehead atoms. The number of urea groups is 1. The Morgan fingerprint density at radius 2 is 1.89 bits per heavy atom. The predicted octanol–water partition coefficient (Wildman–Crippen LogP) is 2.27. The number of aryl methyl sites for hydroxylation is 1. The molecule has 0 spiro atoms. The van der Waals surface area contributed by atoms with Crippen LogP contribution >= 0.6 is 0 Å². The summed E-state index contributed by atoms with van der Waals surface area (Å²) in [5, 5.41) is 2.77. The number of esters is 1. The topological polar surface area (TPSA) is 58.6 Å². The van der Waals surface area contributed by atoms with Gasteiger partial charge in [-0.15, -0.1) is 0 Å². The number of carbonyl (C=O) groups excluding carboxylic acids is 2. The summed E-state index contributed by atoms with van der Waals surface area (Å²) in [6.07, 6.45) is 0. The minimum Gasteiger partial charge on any atom is -0.469 e. The average molecular weight is 264 g/mol. The van der Waals surface area contributed by atoms with Crippen LogP contribution < -0.4 is 5.32 Å². The molecule has 1 atom stereocenters. The minimum atomic E-state index is -0.348. The smallest absolute Gasteiger partial charge is 0.321 e. The lowest BCUT2D eigenvalue weighted by Gasteiger charge is -2.20. The summed E-state index contributed by atoms with van der Waals surface area (Å²) < 4.78 is 4.63. The van der Waals surface area contributed by atoms with Gasteiger partial charge in [0.15, 0.2) is 0 Å². The van der Waals surface area contributed by atoms with E-state index in [-0.39, 0.29) is 17.9 Å². The number of ether oxygens (including phenoxy) is 1. The number of hydrogen-bond donors (Lipinski definition) is 1. The normalized spacial score (nSPS) is 11.6. The molecular formula is C14H20N2O3. The minimum absolute atomic E-state index is 0.250. The van der Waals surface area contributed by atoms with E-state index in [2.05, 4.69) is 10.1 Å². The summed E-state index contributed by atoms with van der Waals surface area (Å²) in [6.45, 7) is 4.02. The number of carbonyl (C=O) groups is 2. The van der Waals surface area contributed by atoms with Crippen molar-refractivity contribution in [3.63, 3.8) is 0 Å². The average Bonchev–Trinajstić information content (AvgIpc) is 2.40. The van der Waals surface area contributed by atoms with Gasteiger partial charge in [-0.2, -0.15) is 0 Å². The number of amides is 2. The standard InChI is InChI=1S/C14H20N2O3/c1-10-5-7-12(8-6-10)15-14(18)16(3)9-11(2)13(17)19-4/h5-8,11H,9H2,1-4H3,(H,15,18). The van der Waals surface area contributed by atoms with Crippen LogP contribution in [0.1, 0.15) is 12.5 Å². The summed E-state index contributed by atoms with van der Waals surface area (Å²) in [6, 6.07) is 7.27. The van der Waals surface area contributed by atoms with Crippen LogP contribution in [-0.4, -0.2) is 37.6 Å². The summed E-state index contributed by atoms with van der Waals surface area (Å²) in [7, 11) is 2.98. The molecule has 0 aliphatic carbocycles. The van der Waals surface area contributed by atoms with Crippen molar-refractivity contribution in [3.8, 4) is 0 Å². The van der Waals surface area contributed by atoms with Crippen molar-refractivity contribution in [1.82, 2.24) is 4.90 Å². The number of nitrogens with zero attached hydrogens (tertiary/aromatic N) is 1. The maximum atomic E-state index is 11.9. The largest absolute Gasteiger partial charge is 0.469 e. The van der Waals surface area contributed by atoms with Gasteiger partial charge in [-0.25, -0.2) is 4.79 Å². The number of benzene rings is 1. The highest BCUT2D eigenvalue weighted by atomic mass is 16.5. The Morgan fingerprint density at radius 3 is 2.42 bits per heavy atom. The van der Waals surface area contributed by atoms with E-state index >= 15 is 0 Å². The molecule has 1 unspecified atom stereocenters. The van der Waals surface area contributed by atoms with Crippen LogP contribution in [0.25, 0.3) is 0 Å². The summed E-state index contributed by atoms with van der Waals surface area (Å²) in [5.74, 6) is -0.672. The van der Waals surface area contributed by atoms with Gasteiger partial charge in [-0.3, -0.25) is 4.79 Å². The molecule has 0 aromatic heterocycles. The molecular weight excluding hydrogens is 244 g/mol. The molecule has 19 heavy (non-hydrogen) atoms. The quantitative estimate of drug-likeness (QED) is 0.849. The molecule has 1 rings (SSSR count). The molecule has 0 saturated heterocycles. The van der Waals surface area contributed by atoms with Gasteiger partial charge < -0.3 is 15.0 Å². The molecule has 0 heterocycles. The zero-order valence-corrected chi connectivity index (χ0v) is 11.8. The van der Waals surface area contributed by atoms with E-state index in [1.807, 2.05) is 31.2 Å². The first-order chi connectivity index (χ1) is 8.93. The first-order valence-electron chi connectivity index (χ1n) is 6.10. The third-order valence-electron chi connectivity index (χ3n) is 2.80. The van der Waals surface area contributed by atoms with Gasteiger partial charge in [-0.1, -0.05) is 24.6 Å². The Balaban J connectivity index is 2.53. The van der Waals surface area contributed by atoms with Gasteiger partial charge in [0.2, 0.25) is 0 Å². The van der Waals surface area contributed by atoms with E-state index in [4.69, 9.17) is 0 Å². The highest BCUT2D eigenvalue weighted by Gasteiger charge is 2.18. The molecule has 2 amide bonds. The third kappa shape index (κ3) is 4.62. The summed E-state index contributed by atoms with van der Waals surface area (Å²) in [4.78, 5) is 24.7. The van der Waals surface area contributed by atoms with E-state index < -0.39 is 0 Å². The van der Waals surface area contributed by atoms with E-state index in [0.717, 1.165) is 11.3 Å². The molecule has 0 saturated carbocycles. The highest BCUT2D eigenvalue weighted by Crippen LogP contribution is 2.10. The lowest BCUT2D eigenvalue weighted by Crippen LogP contribution is -2.36. The van der Waals surface area contributed by atoms with Crippen LogP contribution in [0.5, 0.6) is 0 Å². The van der Waals surface area contributed by atoms with Crippen LogP contribution in [0, 0.1) is 12.8 Å². The van der Waals surface area contributed by atoms with Crippen molar-refractivity contribution in [1.29, 1.82) is 0 Å². The van der Waals surface area contributed by atoms with Crippen LogP contribution in [0.3, 0.4) is 0 Å². The van der Waals surface area contributed by atoms with Crippen molar-refractivity contribution < 1.29 is 14.3 Å². The fourth-order valence-corrected chi connectivity index (χ4v) is 1.63. The molecule has 1 N–H and O–H groups in total. The fourth-order valence-electron chi connectivity index (χ4n) is 1.63. The molecule has 5 nitrogen and oxygen atoms in total. The number of methoxy groups -OCH3 is 1. The van der Waals surface area contributed by atoms with Gasteiger partial charge in [0.25, 0.3) is 0 Å². The second-order valence-electron chi connectivity index (χ2n) is 4.60. The molecule has 5 heteroatoms. The third-order valence-corrected chi connectivity index (χ3v) is 2.80. The zero-order valence-electron chi connectivity index (χ0n) is 11.8. The predicted molar refractivity (Wildman–Crippen MR) is 74.0 cm³/mol. The molecule has 0 aliphatic heterocycles. The summed E-state index contributed by atoms with van der Waals surface area (Å²) >= 11 is 0. The molecule has 1 aromatic rings. The first kappa shape index (κ1) is 15.0. The van der Waals surface area contributed by atoms with Gasteiger partial charge >= 0.3 is 12.0 Å². The van der Waals surface area contributed by atoms with Crippen LogP contribution in [0.2, 0.25) is 0 Å². The van der Waals surface area contributed by atoms with Gasteiger partial charge in [0.05, 0.1) is 13.0 Å². The van der Waals surface area contributed by atoms with Gasteiger partial charge in [-0.05, 0) is 19.1 Å². The first-order valence-corrected chi connectivity index (χ1v) is 6.10. The van der Waals surface area contributed by atoms with Crippen LogP contribution in [0.15, 0.2) is 24.3 Å². The Bertz CT molecular complexity index is 443. The Hall–Kier alpha value is -2.04. The maximum absolute atomic E-state index is 11.9. The summed E-state index contributed by atoms with van der Waals surface area (Å²) in [5.41, 5.74) is 1.86. The highest BCUT2D eigenvalue weighted by molar-refractivity contribution is 5.89. The Labute approximate surface area is 113 Å². The molecule has 0 aliphatic rings. The number of nitrogens with one attached hydrogen (secondary N) is 1. The SMILES string of the molecule is COC(=O)C(C)CN(C)C(=O)Nc1ccc(C)cc1. The number of rotatable bonds is 4. The van der Waals surface area contributed by atoms with E-state index in [0.29, 0.717) is 6.54 Å². The van der Waals surface area contributed by atoms with Gasteiger partial charge in [0, 0.05) is 19.3 Å². The molecule has 104 valence electrons. The number of anilines is 1. The van der Waals surface area contributed by atoms with Crippen molar-refractivity contribution in [2.45, 2.75) is 13.8 Å². The van der Waals surface area contributed by atoms with E-state index in [1.54, 1.807) is 14.0 Å². The van der Waals surface area contributed by atoms with Crippen molar-refractivity contribution in [3.05, 3.63) is 29.8 Å². The molecule has 1 aromatic carbocycles. The van der Waals surface area contributed by atoms with Gasteiger partial charge in [0.1, 0.15) is 0 Å². The van der Waals surface area contributed by atoms with E-state index in [9.17, 15) is 9.59 Å². The van der Waals surface area contributed by atoms with Crippen LogP contribution in [-0.2, 0) is 9.53 Å². The molecule has 0 fully saturated rings. The van der Waals surface area contributed by atoms with Crippen molar-refractivity contribution in [2.75, 3.05) is 26.0 Å².